The molecular formula is C17H20ClN5OS. The van der Waals surface area contributed by atoms with Gasteiger partial charge in [-0.3, -0.25) is 9.69 Å². The largest absolute Gasteiger partial charge is 0.368 e. The van der Waals surface area contributed by atoms with Crippen molar-refractivity contribution < 1.29 is 4.79 Å². The summed E-state index contributed by atoms with van der Waals surface area (Å²) in [4.78, 5) is 21.1. The van der Waals surface area contributed by atoms with E-state index in [1.54, 1.807) is 12.1 Å². The lowest BCUT2D eigenvalue weighted by Gasteiger charge is -2.38. The fourth-order valence-corrected chi connectivity index (χ4v) is 4.16. The minimum absolute atomic E-state index is 0.331. The maximum atomic E-state index is 12.0. The average Bonchev–Trinajstić information content (AvgIpc) is 3.34. The molecule has 0 radical (unpaired) electrons. The Kier molecular flexibility index (Phi) is 4.62. The average molecular weight is 378 g/mol. The number of carbonyl (C=O) groups is 1. The van der Waals surface area contributed by atoms with E-state index in [0.717, 1.165) is 42.7 Å². The smallest absolute Gasteiger partial charge is 0.239 e. The molecule has 1 unspecified atom stereocenters. The molecule has 0 spiro atoms. The number of nitrogens with zero attached hydrogens (tertiary/aromatic N) is 4. The van der Waals surface area contributed by atoms with Crippen molar-refractivity contribution in [1.29, 1.82) is 0 Å². The van der Waals surface area contributed by atoms with Crippen LogP contribution in [0, 0.1) is 0 Å². The van der Waals surface area contributed by atoms with Gasteiger partial charge in [0, 0.05) is 48.7 Å². The molecule has 25 heavy (non-hydrogen) atoms. The Bertz CT molecular complexity index is 753. The van der Waals surface area contributed by atoms with Crippen molar-refractivity contribution in [3.05, 3.63) is 40.7 Å². The molecule has 1 aliphatic carbocycles. The SMILES string of the molecule is NC(=O)C(c1ccc(Cl)cc1)N1CCN(c2nc(C3CC3)ns2)CC1. The van der Waals surface area contributed by atoms with E-state index in [4.69, 9.17) is 17.3 Å². The Labute approximate surface area is 155 Å². The summed E-state index contributed by atoms with van der Waals surface area (Å²) in [6.45, 7) is 3.15. The van der Waals surface area contributed by atoms with Crippen LogP contribution in [0.15, 0.2) is 24.3 Å². The zero-order valence-corrected chi connectivity index (χ0v) is 15.3. The van der Waals surface area contributed by atoms with Crippen LogP contribution in [0.1, 0.15) is 36.2 Å². The molecule has 8 heteroatoms. The van der Waals surface area contributed by atoms with E-state index in [2.05, 4.69) is 19.2 Å². The minimum atomic E-state index is -0.420. The number of aromatic nitrogens is 2. The van der Waals surface area contributed by atoms with E-state index in [0.29, 0.717) is 10.9 Å². The van der Waals surface area contributed by atoms with Gasteiger partial charge in [0.15, 0.2) is 0 Å². The lowest BCUT2D eigenvalue weighted by atomic mass is 10.0. The van der Waals surface area contributed by atoms with Gasteiger partial charge in [-0.05, 0) is 30.5 Å². The van der Waals surface area contributed by atoms with E-state index in [-0.39, 0.29) is 5.91 Å². The van der Waals surface area contributed by atoms with Crippen LogP contribution in [0.5, 0.6) is 0 Å². The molecule has 1 saturated heterocycles. The van der Waals surface area contributed by atoms with Gasteiger partial charge in [0.1, 0.15) is 11.9 Å². The Balaban J connectivity index is 1.43. The number of carbonyl (C=O) groups excluding carboxylic acids is 1. The molecular weight excluding hydrogens is 358 g/mol. The molecule has 2 N–H and O–H groups in total. The highest BCUT2D eigenvalue weighted by Crippen LogP contribution is 2.39. The van der Waals surface area contributed by atoms with Crippen LogP contribution < -0.4 is 10.6 Å². The highest BCUT2D eigenvalue weighted by molar-refractivity contribution is 7.09. The topological polar surface area (TPSA) is 75.4 Å². The summed E-state index contributed by atoms with van der Waals surface area (Å²) in [7, 11) is 0. The van der Waals surface area contributed by atoms with Crippen LogP contribution in [0.2, 0.25) is 5.02 Å². The molecule has 4 rings (SSSR count). The van der Waals surface area contributed by atoms with Crippen LogP contribution in [-0.4, -0.2) is 46.3 Å². The number of halogens is 1. The van der Waals surface area contributed by atoms with Gasteiger partial charge in [0.25, 0.3) is 0 Å². The van der Waals surface area contributed by atoms with Crippen molar-refractivity contribution in [2.24, 2.45) is 5.73 Å². The number of amides is 1. The third kappa shape index (κ3) is 3.63. The minimum Gasteiger partial charge on any atom is -0.368 e. The molecule has 2 heterocycles. The lowest BCUT2D eigenvalue weighted by molar-refractivity contribution is -0.123. The first-order valence-electron chi connectivity index (χ1n) is 8.49. The Morgan fingerprint density at radius 2 is 1.88 bits per heavy atom. The summed E-state index contributed by atoms with van der Waals surface area (Å²) in [6, 6.07) is 6.91. The van der Waals surface area contributed by atoms with Gasteiger partial charge in [0.05, 0.1) is 0 Å². The lowest BCUT2D eigenvalue weighted by Crippen LogP contribution is -2.50. The van der Waals surface area contributed by atoms with Crippen LogP contribution in [-0.2, 0) is 4.79 Å². The van der Waals surface area contributed by atoms with Gasteiger partial charge in [-0.25, -0.2) is 4.98 Å². The number of piperazine rings is 1. The molecule has 6 nitrogen and oxygen atoms in total. The van der Waals surface area contributed by atoms with Gasteiger partial charge in [-0.15, -0.1) is 0 Å². The molecule has 132 valence electrons. The number of benzene rings is 1. The third-order valence-electron chi connectivity index (χ3n) is 4.78. The monoisotopic (exact) mass is 377 g/mol. The summed E-state index contributed by atoms with van der Waals surface area (Å²) in [5.74, 6) is 1.25. The molecule has 2 aliphatic rings. The quantitative estimate of drug-likeness (QED) is 0.866. The Hall–Kier alpha value is -1.70. The molecule has 2 fully saturated rings. The van der Waals surface area contributed by atoms with Crippen LogP contribution >= 0.6 is 23.1 Å². The number of hydrogen-bond donors (Lipinski definition) is 1. The molecule has 1 aliphatic heterocycles. The standard InChI is InChI=1S/C17H20ClN5OS/c18-13-5-3-11(4-6-13)14(15(19)24)22-7-9-23(10-8-22)17-20-16(21-25-17)12-1-2-12/h3-6,12,14H,1-2,7-10H2,(H2,19,24). The van der Waals surface area contributed by atoms with Gasteiger partial charge < -0.3 is 10.6 Å². The summed E-state index contributed by atoms with van der Waals surface area (Å²) in [6.07, 6.45) is 2.43. The number of anilines is 1. The molecule has 1 aromatic carbocycles. The van der Waals surface area contributed by atoms with Gasteiger partial charge >= 0.3 is 0 Å². The molecule has 1 saturated carbocycles. The maximum absolute atomic E-state index is 12.0. The Morgan fingerprint density at radius 3 is 2.48 bits per heavy atom. The normalized spacial score (nSPS) is 19.8. The fraction of sp³-hybridized carbons (Fsp3) is 0.471. The zero-order chi connectivity index (χ0) is 17.4. The molecule has 0 bridgehead atoms. The van der Waals surface area contributed by atoms with E-state index in [1.165, 1.54) is 24.4 Å². The van der Waals surface area contributed by atoms with Crippen molar-refractivity contribution in [2.45, 2.75) is 24.8 Å². The predicted octanol–water partition coefficient (Wildman–Crippen LogP) is 2.42. The first kappa shape index (κ1) is 16.8. The Morgan fingerprint density at radius 1 is 1.20 bits per heavy atom. The first-order chi connectivity index (χ1) is 12.1. The second-order valence-corrected chi connectivity index (χ2v) is 7.76. The number of rotatable bonds is 5. The van der Waals surface area contributed by atoms with Crippen molar-refractivity contribution in [2.75, 3.05) is 31.1 Å². The van der Waals surface area contributed by atoms with Crippen LogP contribution in [0.3, 0.4) is 0 Å². The summed E-state index contributed by atoms with van der Waals surface area (Å²) < 4.78 is 4.48. The molecule has 1 aromatic heterocycles. The van der Waals surface area contributed by atoms with Crippen LogP contribution in [0.4, 0.5) is 5.13 Å². The number of primary amides is 1. The number of hydrogen-bond acceptors (Lipinski definition) is 6. The summed E-state index contributed by atoms with van der Waals surface area (Å²) >= 11 is 7.43. The van der Waals surface area contributed by atoms with E-state index in [1.807, 2.05) is 12.1 Å². The van der Waals surface area contributed by atoms with E-state index < -0.39 is 6.04 Å². The van der Waals surface area contributed by atoms with E-state index in [9.17, 15) is 4.79 Å². The van der Waals surface area contributed by atoms with Gasteiger partial charge in [0.2, 0.25) is 11.0 Å². The predicted molar refractivity (Wildman–Crippen MR) is 99.1 cm³/mol. The fourth-order valence-electron chi connectivity index (χ4n) is 3.23. The van der Waals surface area contributed by atoms with Crippen molar-refractivity contribution in [1.82, 2.24) is 14.3 Å². The first-order valence-corrected chi connectivity index (χ1v) is 9.64. The second-order valence-electron chi connectivity index (χ2n) is 6.59. The molecule has 1 amide bonds. The highest BCUT2D eigenvalue weighted by atomic mass is 35.5. The van der Waals surface area contributed by atoms with Crippen LogP contribution in [0.25, 0.3) is 0 Å². The second kappa shape index (κ2) is 6.90. The maximum Gasteiger partial charge on any atom is 0.239 e. The highest BCUT2D eigenvalue weighted by Gasteiger charge is 2.32. The number of nitrogens with two attached hydrogens (primary N) is 1. The summed E-state index contributed by atoms with van der Waals surface area (Å²) in [5, 5.41) is 1.64. The van der Waals surface area contributed by atoms with Crippen molar-refractivity contribution >= 4 is 34.2 Å². The zero-order valence-electron chi connectivity index (χ0n) is 13.8. The summed E-state index contributed by atoms with van der Waals surface area (Å²) in [5.41, 5.74) is 6.57. The van der Waals surface area contributed by atoms with Crippen molar-refractivity contribution in [3.8, 4) is 0 Å². The van der Waals surface area contributed by atoms with E-state index >= 15 is 0 Å². The molecule has 2 aromatic rings. The van der Waals surface area contributed by atoms with Gasteiger partial charge in [-0.1, -0.05) is 23.7 Å². The molecule has 1 atom stereocenters. The third-order valence-corrected chi connectivity index (χ3v) is 5.82. The van der Waals surface area contributed by atoms with Crippen molar-refractivity contribution in [3.63, 3.8) is 0 Å². The van der Waals surface area contributed by atoms with Gasteiger partial charge in [-0.2, -0.15) is 4.37 Å².